The molecule has 0 amide bonds. The minimum Gasteiger partial charge on any atom is -0.357 e. The maximum atomic E-state index is 12.1. The van der Waals surface area contributed by atoms with Gasteiger partial charge in [-0.3, -0.25) is 0 Å². The third-order valence-corrected chi connectivity index (χ3v) is 8.93. The first-order valence-corrected chi connectivity index (χ1v) is 11.7. The highest BCUT2D eigenvalue weighted by Gasteiger charge is 2.29. The van der Waals surface area contributed by atoms with Gasteiger partial charge in [0.05, 0.1) is 6.54 Å². The zero-order valence-electron chi connectivity index (χ0n) is 15.3. The van der Waals surface area contributed by atoms with Crippen molar-refractivity contribution in [1.82, 2.24) is 14.9 Å². The first kappa shape index (κ1) is 20.5. The molecule has 0 bridgehead atoms. The summed E-state index contributed by atoms with van der Waals surface area (Å²) in [5.41, 5.74) is 0. The van der Waals surface area contributed by atoms with Crippen molar-refractivity contribution in [2.75, 3.05) is 32.9 Å². The van der Waals surface area contributed by atoms with Crippen LogP contribution in [-0.2, 0) is 16.6 Å². The van der Waals surface area contributed by atoms with Gasteiger partial charge in [-0.15, -0.1) is 11.3 Å². The van der Waals surface area contributed by atoms with E-state index in [1.807, 2.05) is 24.8 Å². The topological polar surface area (TPSA) is 73.8 Å². The Morgan fingerprint density at radius 1 is 1.36 bits per heavy atom. The smallest absolute Gasteiger partial charge is 0.252 e. The van der Waals surface area contributed by atoms with Gasteiger partial charge in [0.25, 0.3) is 10.0 Å². The minimum atomic E-state index is -3.36. The van der Waals surface area contributed by atoms with Gasteiger partial charge >= 0.3 is 0 Å². The summed E-state index contributed by atoms with van der Waals surface area (Å²) in [7, 11) is -0.278. The lowest BCUT2D eigenvalue weighted by atomic mass is 10.1. The zero-order chi connectivity index (χ0) is 18.5. The number of rotatable bonds is 7. The highest BCUT2D eigenvalue weighted by Crippen LogP contribution is 2.36. The number of nitrogens with zero attached hydrogens (tertiary/aromatic N) is 2. The van der Waals surface area contributed by atoms with Crippen LogP contribution >= 0.6 is 23.1 Å². The summed E-state index contributed by atoms with van der Waals surface area (Å²) in [4.78, 5) is 5.53. The largest absolute Gasteiger partial charge is 0.357 e. The van der Waals surface area contributed by atoms with E-state index in [4.69, 9.17) is 0 Å². The molecular formula is C16H28N4O2S3. The van der Waals surface area contributed by atoms with Crippen LogP contribution in [0.5, 0.6) is 0 Å². The second-order valence-corrected chi connectivity index (χ2v) is 11.7. The molecule has 0 spiro atoms. The van der Waals surface area contributed by atoms with E-state index in [2.05, 4.69) is 22.5 Å². The summed E-state index contributed by atoms with van der Waals surface area (Å²) in [5.74, 6) is 2.01. The molecule has 1 aromatic heterocycles. The van der Waals surface area contributed by atoms with E-state index in [1.165, 1.54) is 34.2 Å². The van der Waals surface area contributed by atoms with Crippen LogP contribution in [0.4, 0.5) is 0 Å². The molecule has 1 aliphatic heterocycles. The molecule has 142 valence electrons. The lowest BCUT2D eigenvalue weighted by molar-refractivity contribution is 0.523. The fraction of sp³-hybridized carbons (Fsp3) is 0.688. The van der Waals surface area contributed by atoms with Crippen molar-refractivity contribution in [3.63, 3.8) is 0 Å². The summed E-state index contributed by atoms with van der Waals surface area (Å²) in [6.45, 7) is 6.47. The first-order chi connectivity index (χ1) is 11.8. The van der Waals surface area contributed by atoms with Crippen molar-refractivity contribution in [3.8, 4) is 0 Å². The summed E-state index contributed by atoms with van der Waals surface area (Å²) in [5, 5.41) is 6.68. The molecule has 0 aromatic carbocycles. The number of hydrogen-bond acceptors (Lipinski definition) is 5. The maximum absolute atomic E-state index is 12.1. The van der Waals surface area contributed by atoms with Crippen molar-refractivity contribution in [2.45, 2.75) is 42.2 Å². The monoisotopic (exact) mass is 404 g/mol. The van der Waals surface area contributed by atoms with Crippen molar-refractivity contribution in [3.05, 3.63) is 17.0 Å². The van der Waals surface area contributed by atoms with Gasteiger partial charge in [0.2, 0.25) is 0 Å². The Balaban J connectivity index is 2.00. The highest BCUT2D eigenvalue weighted by molar-refractivity contribution is 8.00. The lowest BCUT2D eigenvalue weighted by Gasteiger charge is -2.24. The summed E-state index contributed by atoms with van der Waals surface area (Å²) < 4.78 is 26.1. The molecule has 9 heteroatoms. The lowest BCUT2D eigenvalue weighted by Crippen LogP contribution is -2.43. The van der Waals surface area contributed by atoms with Gasteiger partial charge in [-0.25, -0.2) is 17.7 Å². The van der Waals surface area contributed by atoms with Crippen molar-refractivity contribution < 1.29 is 8.42 Å². The molecule has 1 unspecified atom stereocenters. The van der Waals surface area contributed by atoms with Gasteiger partial charge in [-0.1, -0.05) is 0 Å². The van der Waals surface area contributed by atoms with Crippen LogP contribution in [0.2, 0.25) is 0 Å². The minimum absolute atomic E-state index is 0.270. The molecule has 1 saturated heterocycles. The van der Waals surface area contributed by atoms with Gasteiger partial charge in [0, 0.05) is 36.8 Å². The number of hydrogen-bond donors (Lipinski definition) is 2. The number of aliphatic imine (C=N–C) groups is 1. The van der Waals surface area contributed by atoms with Gasteiger partial charge in [-0.2, -0.15) is 11.8 Å². The Bertz CT molecular complexity index is 692. The van der Waals surface area contributed by atoms with Crippen LogP contribution < -0.4 is 10.6 Å². The van der Waals surface area contributed by atoms with E-state index in [-0.39, 0.29) is 4.75 Å². The Kier molecular flexibility index (Phi) is 7.19. The van der Waals surface area contributed by atoms with Crippen LogP contribution in [0.3, 0.4) is 0 Å². The molecule has 1 fully saturated rings. The van der Waals surface area contributed by atoms with E-state index >= 15 is 0 Å². The molecule has 2 N–H and O–H groups in total. The van der Waals surface area contributed by atoms with E-state index in [9.17, 15) is 8.42 Å². The molecule has 1 aliphatic rings. The third kappa shape index (κ3) is 5.60. The molecule has 0 radical (unpaired) electrons. The van der Waals surface area contributed by atoms with Crippen LogP contribution in [-0.4, -0.2) is 56.4 Å². The van der Waals surface area contributed by atoms with Gasteiger partial charge in [-0.05, 0) is 44.6 Å². The number of thioether (sulfide) groups is 1. The molecule has 0 aliphatic carbocycles. The van der Waals surface area contributed by atoms with E-state index in [0.29, 0.717) is 10.8 Å². The Labute approximate surface area is 159 Å². The highest BCUT2D eigenvalue weighted by atomic mass is 32.2. The van der Waals surface area contributed by atoms with Crippen LogP contribution in [0.15, 0.2) is 21.3 Å². The quantitative estimate of drug-likeness (QED) is 0.539. The van der Waals surface area contributed by atoms with Gasteiger partial charge < -0.3 is 10.6 Å². The second kappa shape index (κ2) is 8.75. The third-order valence-electron chi connectivity index (χ3n) is 4.04. The Hall–Kier alpha value is -0.770. The average Bonchev–Trinajstić information content (AvgIpc) is 3.20. The maximum Gasteiger partial charge on any atom is 0.252 e. The first-order valence-electron chi connectivity index (χ1n) is 8.44. The molecule has 2 rings (SSSR count). The summed E-state index contributed by atoms with van der Waals surface area (Å²) in [6, 6.07) is 3.49. The van der Waals surface area contributed by atoms with Crippen molar-refractivity contribution in [1.29, 1.82) is 0 Å². The number of nitrogens with one attached hydrogen (secondary N) is 2. The molecule has 6 nitrogen and oxygen atoms in total. The van der Waals surface area contributed by atoms with Crippen LogP contribution in [0, 0.1) is 0 Å². The van der Waals surface area contributed by atoms with Gasteiger partial charge in [0.1, 0.15) is 4.21 Å². The zero-order valence-corrected chi connectivity index (χ0v) is 17.8. The molecule has 25 heavy (non-hydrogen) atoms. The number of thiophene rings is 1. The van der Waals surface area contributed by atoms with Gasteiger partial charge in [0.15, 0.2) is 5.96 Å². The molecular weight excluding hydrogens is 376 g/mol. The predicted molar refractivity (Wildman–Crippen MR) is 108 cm³/mol. The van der Waals surface area contributed by atoms with Crippen molar-refractivity contribution >= 4 is 39.1 Å². The second-order valence-electron chi connectivity index (χ2n) is 6.46. The van der Waals surface area contributed by atoms with Crippen LogP contribution in [0.1, 0.15) is 31.6 Å². The van der Waals surface area contributed by atoms with Crippen LogP contribution in [0.25, 0.3) is 0 Å². The normalized spacial score (nSPS) is 21.7. The SMILES string of the molecule is CCNC(=NCc1ccc(S(=O)(=O)N(C)C)s1)NCC1(C)CCCS1. The Morgan fingerprint density at radius 3 is 2.72 bits per heavy atom. The fourth-order valence-electron chi connectivity index (χ4n) is 2.51. The molecule has 0 saturated carbocycles. The molecule has 1 aromatic rings. The Morgan fingerprint density at radius 2 is 2.12 bits per heavy atom. The number of sulfonamides is 1. The van der Waals surface area contributed by atoms with E-state index in [1.54, 1.807) is 20.2 Å². The van der Waals surface area contributed by atoms with E-state index < -0.39 is 10.0 Å². The summed E-state index contributed by atoms with van der Waals surface area (Å²) in [6.07, 6.45) is 2.50. The molecule has 1 atom stereocenters. The summed E-state index contributed by atoms with van der Waals surface area (Å²) >= 11 is 3.29. The van der Waals surface area contributed by atoms with E-state index in [0.717, 1.165) is 23.9 Å². The fourth-order valence-corrected chi connectivity index (χ4v) is 6.20. The molecule has 2 heterocycles. The standard InChI is InChI=1S/C16H28N4O2S3/c1-5-17-15(19-12-16(2)9-6-10-23-16)18-11-13-7-8-14(24-13)25(21,22)20(3)4/h7-8H,5-6,9-12H2,1-4H3,(H2,17,18,19). The average molecular weight is 405 g/mol. The predicted octanol–water partition coefficient (Wildman–Crippen LogP) is 2.34. The number of guanidine groups is 1. The van der Waals surface area contributed by atoms with Crippen molar-refractivity contribution in [2.24, 2.45) is 4.99 Å².